The van der Waals surface area contributed by atoms with Gasteiger partial charge in [0.2, 0.25) is 0 Å². The molecule has 0 heterocycles. The second-order valence-electron chi connectivity index (χ2n) is 3.79. The van der Waals surface area contributed by atoms with Crippen LogP contribution in [0.2, 0.25) is 0 Å². The third-order valence-electron chi connectivity index (χ3n) is 2.31. The molecule has 1 aromatic rings. The van der Waals surface area contributed by atoms with E-state index in [1.54, 1.807) is 0 Å². The number of benzene rings is 1. The van der Waals surface area contributed by atoms with E-state index in [0.29, 0.717) is 0 Å². The monoisotopic (exact) mass is 319 g/mol. The van der Waals surface area contributed by atoms with E-state index in [4.69, 9.17) is 5.26 Å². The Morgan fingerprint density at radius 1 is 1.05 bits per heavy atom. The Kier molecular flexibility index (Phi) is 4.36. The van der Waals surface area contributed by atoms with Gasteiger partial charge in [0, 0.05) is 0 Å². The van der Waals surface area contributed by atoms with Crippen LogP contribution in [0.15, 0.2) is 18.2 Å². The van der Waals surface area contributed by atoms with Crippen molar-refractivity contribution in [2.75, 3.05) is 6.61 Å². The molecule has 1 aromatic carbocycles. The van der Waals surface area contributed by atoms with Crippen LogP contribution in [0.3, 0.4) is 0 Å². The SMILES string of the molecule is N#Cc1c(F)cccc1OCC(F)(F)C(F)(F)C(F)(F)F. The molecule has 0 saturated heterocycles. The van der Waals surface area contributed by atoms with Crippen molar-refractivity contribution in [3.63, 3.8) is 0 Å². The summed E-state index contributed by atoms with van der Waals surface area (Å²) in [7, 11) is 0. The smallest absolute Gasteiger partial charge is 0.460 e. The van der Waals surface area contributed by atoms with E-state index < -0.39 is 41.8 Å². The lowest BCUT2D eigenvalue weighted by atomic mass is 10.1. The molecule has 0 atom stereocenters. The van der Waals surface area contributed by atoms with Crippen molar-refractivity contribution in [2.24, 2.45) is 0 Å². The minimum Gasteiger partial charge on any atom is -0.486 e. The number of hydrogen-bond donors (Lipinski definition) is 0. The van der Waals surface area contributed by atoms with Crippen molar-refractivity contribution in [3.05, 3.63) is 29.6 Å². The number of nitriles is 1. The zero-order valence-corrected chi connectivity index (χ0v) is 9.82. The quantitative estimate of drug-likeness (QED) is 0.788. The highest BCUT2D eigenvalue weighted by atomic mass is 19.4. The van der Waals surface area contributed by atoms with Gasteiger partial charge < -0.3 is 4.74 Å². The molecule has 0 bridgehead atoms. The summed E-state index contributed by atoms with van der Waals surface area (Å²) < 4.78 is 104. The van der Waals surface area contributed by atoms with E-state index >= 15 is 0 Å². The van der Waals surface area contributed by atoms with E-state index in [9.17, 15) is 35.1 Å². The van der Waals surface area contributed by atoms with Gasteiger partial charge in [-0.1, -0.05) is 6.07 Å². The number of alkyl halides is 7. The van der Waals surface area contributed by atoms with Gasteiger partial charge in [0.25, 0.3) is 0 Å². The molecule has 1 rings (SSSR count). The topological polar surface area (TPSA) is 33.0 Å². The predicted octanol–water partition coefficient (Wildman–Crippen LogP) is 3.91. The largest absolute Gasteiger partial charge is 0.486 e. The average molecular weight is 319 g/mol. The first-order valence-corrected chi connectivity index (χ1v) is 5.08. The molecule has 0 N–H and O–H groups in total. The average Bonchev–Trinajstić information content (AvgIpc) is 2.35. The molecular formula is C11H5F8NO. The third-order valence-corrected chi connectivity index (χ3v) is 2.31. The van der Waals surface area contributed by atoms with E-state index in [0.717, 1.165) is 18.2 Å². The minimum absolute atomic E-state index is 0.758. The predicted molar refractivity (Wildman–Crippen MR) is 52.6 cm³/mol. The fourth-order valence-electron chi connectivity index (χ4n) is 1.20. The number of ether oxygens (including phenoxy) is 1. The van der Waals surface area contributed by atoms with Crippen molar-refractivity contribution < 1.29 is 39.9 Å². The first-order valence-electron chi connectivity index (χ1n) is 5.08. The molecule has 0 fully saturated rings. The summed E-state index contributed by atoms with van der Waals surface area (Å²) in [5, 5.41) is 8.53. The number of halogens is 8. The standard InChI is InChI=1S/C11H5F8NO/c12-7-2-1-3-8(6(7)4-20)21-5-9(13,14)10(15,16)11(17,18)19/h1-3H,5H2. The van der Waals surface area contributed by atoms with Crippen LogP contribution in [-0.2, 0) is 0 Å². The Hall–Kier alpha value is -2.05. The summed E-state index contributed by atoms with van der Waals surface area (Å²) >= 11 is 0. The molecule has 116 valence electrons. The van der Waals surface area contributed by atoms with Gasteiger partial charge >= 0.3 is 18.0 Å². The second kappa shape index (κ2) is 5.38. The molecule has 0 aliphatic rings. The van der Waals surface area contributed by atoms with Gasteiger partial charge in [0.05, 0.1) is 0 Å². The highest BCUT2D eigenvalue weighted by Crippen LogP contribution is 2.46. The summed E-state index contributed by atoms with van der Waals surface area (Å²) in [5.74, 6) is -14.0. The highest BCUT2D eigenvalue weighted by Gasteiger charge is 2.73. The lowest BCUT2D eigenvalue weighted by Gasteiger charge is -2.28. The van der Waals surface area contributed by atoms with Crippen molar-refractivity contribution >= 4 is 0 Å². The van der Waals surface area contributed by atoms with Crippen molar-refractivity contribution in [3.8, 4) is 11.8 Å². The van der Waals surface area contributed by atoms with Crippen LogP contribution in [0, 0.1) is 17.1 Å². The normalized spacial score (nSPS) is 12.9. The molecular weight excluding hydrogens is 314 g/mol. The Morgan fingerprint density at radius 3 is 2.10 bits per heavy atom. The van der Waals surface area contributed by atoms with Crippen LogP contribution in [0.4, 0.5) is 35.1 Å². The van der Waals surface area contributed by atoms with E-state index in [2.05, 4.69) is 4.74 Å². The van der Waals surface area contributed by atoms with Crippen LogP contribution in [-0.4, -0.2) is 24.6 Å². The number of rotatable bonds is 4. The molecule has 21 heavy (non-hydrogen) atoms. The molecule has 0 aromatic heterocycles. The van der Waals surface area contributed by atoms with Crippen molar-refractivity contribution in [1.29, 1.82) is 5.26 Å². The summed E-state index contributed by atoms with van der Waals surface area (Å²) in [6.45, 7) is -2.38. The van der Waals surface area contributed by atoms with E-state index in [-0.39, 0.29) is 0 Å². The molecule has 0 radical (unpaired) electrons. The van der Waals surface area contributed by atoms with Crippen LogP contribution in [0.1, 0.15) is 5.56 Å². The van der Waals surface area contributed by atoms with Crippen LogP contribution in [0.25, 0.3) is 0 Å². The Morgan fingerprint density at radius 2 is 1.62 bits per heavy atom. The molecule has 0 spiro atoms. The number of nitrogens with zero attached hydrogens (tertiary/aromatic N) is 1. The Balaban J connectivity index is 2.99. The first kappa shape index (κ1) is 17.0. The van der Waals surface area contributed by atoms with Crippen LogP contribution >= 0.6 is 0 Å². The summed E-state index contributed by atoms with van der Waals surface area (Å²) in [4.78, 5) is 0. The maximum atomic E-state index is 13.1. The molecule has 2 nitrogen and oxygen atoms in total. The van der Waals surface area contributed by atoms with E-state index in [1.165, 1.54) is 6.07 Å². The molecule has 0 aliphatic heterocycles. The molecule has 0 aliphatic carbocycles. The molecule has 0 unspecified atom stereocenters. The fourth-order valence-corrected chi connectivity index (χ4v) is 1.20. The maximum Gasteiger partial charge on any atom is 0.460 e. The van der Waals surface area contributed by atoms with Crippen LogP contribution < -0.4 is 4.74 Å². The first-order chi connectivity index (χ1) is 9.44. The van der Waals surface area contributed by atoms with Crippen molar-refractivity contribution in [1.82, 2.24) is 0 Å². The van der Waals surface area contributed by atoms with Crippen LogP contribution in [0.5, 0.6) is 5.75 Å². The molecule has 0 saturated carbocycles. The molecule has 10 heteroatoms. The van der Waals surface area contributed by atoms with Crippen molar-refractivity contribution in [2.45, 2.75) is 18.0 Å². The third kappa shape index (κ3) is 3.17. The van der Waals surface area contributed by atoms with Gasteiger partial charge in [0.1, 0.15) is 23.2 Å². The van der Waals surface area contributed by atoms with Gasteiger partial charge in [-0.25, -0.2) is 4.39 Å². The Bertz CT molecular complexity index is 560. The summed E-state index contributed by atoms with van der Waals surface area (Å²) in [5.41, 5.74) is -0.886. The lowest BCUT2D eigenvalue weighted by Crippen LogP contribution is -2.54. The maximum absolute atomic E-state index is 13.1. The van der Waals surface area contributed by atoms with Gasteiger partial charge in [-0.2, -0.15) is 36.0 Å². The summed E-state index contributed by atoms with van der Waals surface area (Å²) in [6, 6.07) is 3.66. The van der Waals surface area contributed by atoms with Gasteiger partial charge in [-0.15, -0.1) is 0 Å². The number of hydrogen-bond acceptors (Lipinski definition) is 2. The fraction of sp³-hybridized carbons (Fsp3) is 0.364. The molecule has 0 amide bonds. The zero-order valence-electron chi connectivity index (χ0n) is 9.82. The second-order valence-corrected chi connectivity index (χ2v) is 3.79. The van der Waals surface area contributed by atoms with Gasteiger partial charge in [-0.3, -0.25) is 0 Å². The Labute approximate surface area is 112 Å². The van der Waals surface area contributed by atoms with Gasteiger partial charge in [-0.05, 0) is 12.1 Å². The van der Waals surface area contributed by atoms with Gasteiger partial charge in [0.15, 0.2) is 6.61 Å². The zero-order chi connectivity index (χ0) is 16.5. The summed E-state index contributed by atoms with van der Waals surface area (Å²) in [6.07, 6.45) is -6.49. The highest BCUT2D eigenvalue weighted by molar-refractivity contribution is 5.43. The minimum atomic E-state index is -6.49. The lowest BCUT2D eigenvalue weighted by molar-refractivity contribution is -0.358. The van der Waals surface area contributed by atoms with E-state index in [1.807, 2.05) is 0 Å².